The first-order valence-corrected chi connectivity index (χ1v) is 6.44. The fourth-order valence-corrected chi connectivity index (χ4v) is 2.36. The van der Waals surface area contributed by atoms with Gasteiger partial charge in [-0.25, -0.2) is 0 Å². The van der Waals surface area contributed by atoms with Gasteiger partial charge in [-0.1, -0.05) is 23.2 Å². The molecule has 16 heavy (non-hydrogen) atoms. The van der Waals surface area contributed by atoms with Gasteiger partial charge in [-0.3, -0.25) is 4.79 Å². The topological polar surface area (TPSA) is 26.3 Å². The van der Waals surface area contributed by atoms with Crippen LogP contribution in [0.25, 0.3) is 0 Å². The van der Waals surface area contributed by atoms with Gasteiger partial charge in [0.25, 0.3) is 0 Å². The second kappa shape index (κ2) is 4.94. The van der Waals surface area contributed by atoms with Crippen molar-refractivity contribution in [3.05, 3.63) is 32.2 Å². The molecule has 1 aromatic carbocycles. The molecule has 1 aliphatic rings. The van der Waals surface area contributed by atoms with Crippen LogP contribution in [-0.2, 0) is 16.0 Å². The van der Waals surface area contributed by atoms with E-state index in [9.17, 15) is 4.79 Å². The lowest BCUT2D eigenvalue weighted by molar-refractivity contribution is -0.144. The SMILES string of the molecule is O=C(Cc1cc(Cl)cc(Br)c1Cl)OC1CC1. The number of ether oxygens (including phenoxy) is 1. The first kappa shape index (κ1) is 12.2. The third kappa shape index (κ3) is 3.12. The highest BCUT2D eigenvalue weighted by Crippen LogP contribution is 2.31. The van der Waals surface area contributed by atoms with Crippen molar-refractivity contribution >= 4 is 45.1 Å². The number of hydrogen-bond acceptors (Lipinski definition) is 2. The zero-order valence-electron chi connectivity index (χ0n) is 8.30. The van der Waals surface area contributed by atoms with Gasteiger partial charge in [-0.15, -0.1) is 0 Å². The summed E-state index contributed by atoms with van der Waals surface area (Å²) in [7, 11) is 0. The lowest BCUT2D eigenvalue weighted by Gasteiger charge is -2.07. The van der Waals surface area contributed by atoms with E-state index >= 15 is 0 Å². The lowest BCUT2D eigenvalue weighted by atomic mass is 10.1. The molecule has 0 radical (unpaired) electrons. The summed E-state index contributed by atoms with van der Waals surface area (Å²) in [6.45, 7) is 0. The van der Waals surface area contributed by atoms with Crippen molar-refractivity contribution in [1.29, 1.82) is 0 Å². The van der Waals surface area contributed by atoms with Crippen LogP contribution in [0.2, 0.25) is 10.0 Å². The normalized spacial score (nSPS) is 14.9. The highest BCUT2D eigenvalue weighted by molar-refractivity contribution is 9.10. The molecule has 0 heterocycles. The van der Waals surface area contributed by atoms with Gasteiger partial charge in [0.15, 0.2) is 0 Å². The van der Waals surface area contributed by atoms with Crippen LogP contribution in [0, 0.1) is 0 Å². The smallest absolute Gasteiger partial charge is 0.310 e. The molecule has 0 saturated heterocycles. The Morgan fingerprint density at radius 1 is 1.44 bits per heavy atom. The van der Waals surface area contributed by atoms with Gasteiger partial charge in [-0.05, 0) is 46.5 Å². The average Bonchev–Trinajstić information content (AvgIpc) is 2.97. The Hall–Kier alpha value is -0.250. The number of carbonyl (C=O) groups is 1. The van der Waals surface area contributed by atoms with Crippen LogP contribution < -0.4 is 0 Å². The van der Waals surface area contributed by atoms with Gasteiger partial charge < -0.3 is 4.74 Å². The molecule has 86 valence electrons. The maximum atomic E-state index is 11.5. The van der Waals surface area contributed by atoms with Gasteiger partial charge in [0.1, 0.15) is 6.10 Å². The largest absolute Gasteiger partial charge is 0.462 e. The number of carbonyl (C=O) groups excluding carboxylic acids is 1. The predicted octanol–water partition coefficient (Wildman–Crippen LogP) is 4.00. The van der Waals surface area contributed by atoms with Crippen LogP contribution in [0.15, 0.2) is 16.6 Å². The summed E-state index contributed by atoms with van der Waals surface area (Å²) in [5, 5.41) is 1.06. The van der Waals surface area contributed by atoms with Gasteiger partial charge >= 0.3 is 5.97 Å². The molecule has 1 fully saturated rings. The summed E-state index contributed by atoms with van der Waals surface area (Å²) in [6.07, 6.45) is 2.22. The van der Waals surface area contributed by atoms with E-state index in [2.05, 4.69) is 15.9 Å². The van der Waals surface area contributed by atoms with Crippen LogP contribution >= 0.6 is 39.1 Å². The molecule has 0 N–H and O–H groups in total. The van der Waals surface area contributed by atoms with Crippen LogP contribution in [0.5, 0.6) is 0 Å². The molecule has 0 bridgehead atoms. The van der Waals surface area contributed by atoms with E-state index in [0.717, 1.165) is 12.8 Å². The van der Waals surface area contributed by atoms with Crippen molar-refractivity contribution in [3.63, 3.8) is 0 Å². The predicted molar refractivity (Wildman–Crippen MR) is 67.0 cm³/mol. The maximum Gasteiger partial charge on any atom is 0.310 e. The van der Waals surface area contributed by atoms with Crippen molar-refractivity contribution in [1.82, 2.24) is 0 Å². The molecule has 0 unspecified atom stereocenters. The number of halogens is 3. The van der Waals surface area contributed by atoms with Gasteiger partial charge in [0, 0.05) is 9.50 Å². The highest BCUT2D eigenvalue weighted by atomic mass is 79.9. The zero-order chi connectivity index (χ0) is 11.7. The quantitative estimate of drug-likeness (QED) is 0.620. The molecule has 0 atom stereocenters. The minimum atomic E-state index is -0.251. The van der Waals surface area contributed by atoms with Crippen LogP contribution in [0.4, 0.5) is 0 Å². The Bertz CT molecular complexity index is 430. The fourth-order valence-electron chi connectivity index (χ4n) is 1.31. The number of esters is 1. The molecule has 2 nitrogen and oxygen atoms in total. The molecule has 2 rings (SSSR count). The van der Waals surface area contributed by atoms with E-state index in [1.165, 1.54) is 0 Å². The summed E-state index contributed by atoms with van der Waals surface area (Å²) < 4.78 is 5.83. The summed E-state index contributed by atoms with van der Waals surface area (Å²) in [5.74, 6) is -0.251. The molecular formula is C11H9BrCl2O2. The second-order valence-electron chi connectivity index (χ2n) is 3.73. The summed E-state index contributed by atoms with van der Waals surface area (Å²) in [5.41, 5.74) is 0.687. The summed E-state index contributed by atoms with van der Waals surface area (Å²) in [4.78, 5) is 11.5. The van der Waals surface area contributed by atoms with Crippen molar-refractivity contribution in [2.75, 3.05) is 0 Å². The fraction of sp³-hybridized carbons (Fsp3) is 0.364. The van der Waals surface area contributed by atoms with Gasteiger partial charge in [0.05, 0.1) is 11.4 Å². The maximum absolute atomic E-state index is 11.5. The Balaban J connectivity index is 2.10. The molecule has 0 amide bonds. The lowest BCUT2D eigenvalue weighted by Crippen LogP contribution is -2.09. The molecule has 0 spiro atoms. The third-order valence-corrected chi connectivity index (χ3v) is 3.74. The molecule has 1 aliphatic carbocycles. The Labute approximate surface area is 112 Å². The van der Waals surface area contributed by atoms with E-state index < -0.39 is 0 Å². The Morgan fingerprint density at radius 2 is 2.12 bits per heavy atom. The average molecular weight is 324 g/mol. The standard InChI is InChI=1S/C11H9BrCl2O2/c12-9-5-7(13)3-6(11(9)14)4-10(15)16-8-1-2-8/h3,5,8H,1-2,4H2. The Kier molecular flexibility index (Phi) is 3.77. The van der Waals surface area contributed by atoms with Crippen molar-refractivity contribution in [2.24, 2.45) is 0 Å². The van der Waals surface area contributed by atoms with E-state index in [-0.39, 0.29) is 18.5 Å². The first-order chi connectivity index (χ1) is 7.56. The third-order valence-electron chi connectivity index (χ3n) is 2.23. The van der Waals surface area contributed by atoms with Crippen molar-refractivity contribution in [2.45, 2.75) is 25.4 Å². The number of hydrogen-bond donors (Lipinski definition) is 0. The van der Waals surface area contributed by atoms with Gasteiger partial charge in [0.2, 0.25) is 0 Å². The number of benzene rings is 1. The van der Waals surface area contributed by atoms with Crippen molar-refractivity contribution < 1.29 is 9.53 Å². The highest BCUT2D eigenvalue weighted by Gasteiger charge is 2.26. The van der Waals surface area contributed by atoms with E-state index in [4.69, 9.17) is 27.9 Å². The van der Waals surface area contributed by atoms with E-state index in [0.29, 0.717) is 20.1 Å². The summed E-state index contributed by atoms with van der Waals surface area (Å²) in [6, 6.07) is 3.38. The van der Waals surface area contributed by atoms with E-state index in [1.807, 2.05) is 0 Å². The second-order valence-corrected chi connectivity index (χ2v) is 5.40. The van der Waals surface area contributed by atoms with Crippen LogP contribution in [0.1, 0.15) is 18.4 Å². The monoisotopic (exact) mass is 322 g/mol. The minimum Gasteiger partial charge on any atom is -0.462 e. The first-order valence-electron chi connectivity index (χ1n) is 4.89. The van der Waals surface area contributed by atoms with Crippen LogP contribution in [0.3, 0.4) is 0 Å². The molecule has 1 aromatic rings. The zero-order valence-corrected chi connectivity index (χ0v) is 11.4. The van der Waals surface area contributed by atoms with Crippen LogP contribution in [-0.4, -0.2) is 12.1 Å². The number of rotatable bonds is 3. The molecule has 5 heteroatoms. The molecular weight excluding hydrogens is 315 g/mol. The molecule has 0 aliphatic heterocycles. The molecule has 0 aromatic heterocycles. The Morgan fingerprint density at radius 3 is 2.75 bits per heavy atom. The molecule has 1 saturated carbocycles. The summed E-state index contributed by atoms with van der Waals surface area (Å²) >= 11 is 15.2. The minimum absolute atomic E-state index is 0.119. The van der Waals surface area contributed by atoms with E-state index in [1.54, 1.807) is 12.1 Å². The van der Waals surface area contributed by atoms with Crippen molar-refractivity contribution in [3.8, 4) is 0 Å². The van der Waals surface area contributed by atoms with Gasteiger partial charge in [-0.2, -0.15) is 0 Å².